The molecule has 0 aromatic heterocycles. The van der Waals surface area contributed by atoms with E-state index >= 15 is 0 Å². The molecule has 34 heavy (non-hydrogen) atoms. The van der Waals surface area contributed by atoms with Gasteiger partial charge in [-0.3, -0.25) is 0 Å². The average Bonchev–Trinajstić information content (AvgIpc) is 2.81. The fraction of sp³-hybridized carbons (Fsp3) is 0.417. The summed E-state index contributed by atoms with van der Waals surface area (Å²) in [5, 5.41) is 13.2. The highest BCUT2D eigenvalue weighted by atomic mass is 32.2. The second-order valence-electron chi connectivity index (χ2n) is 8.24. The van der Waals surface area contributed by atoms with Gasteiger partial charge in [-0.25, -0.2) is 13.2 Å². The van der Waals surface area contributed by atoms with Gasteiger partial charge in [-0.2, -0.15) is 0 Å². The Hall–Kier alpha value is -2.95. The Bertz CT molecular complexity index is 1100. The largest absolute Gasteiger partial charge is 0.490 e. The molecule has 2 aromatic rings. The van der Waals surface area contributed by atoms with Gasteiger partial charge in [0, 0.05) is 19.1 Å². The van der Waals surface area contributed by atoms with Crippen molar-refractivity contribution in [3.63, 3.8) is 0 Å². The van der Waals surface area contributed by atoms with Crippen molar-refractivity contribution in [3.8, 4) is 5.75 Å². The van der Waals surface area contributed by atoms with E-state index in [1.807, 2.05) is 24.3 Å². The lowest BCUT2D eigenvalue weighted by Gasteiger charge is -2.34. The van der Waals surface area contributed by atoms with Gasteiger partial charge in [0.05, 0.1) is 23.8 Å². The van der Waals surface area contributed by atoms with Gasteiger partial charge >= 0.3 is 5.97 Å². The third kappa shape index (κ3) is 7.02. The van der Waals surface area contributed by atoms with Gasteiger partial charge < -0.3 is 24.2 Å². The molecule has 1 saturated heterocycles. The monoisotopic (exact) mass is 491 g/mol. The van der Waals surface area contributed by atoms with Gasteiger partial charge in [-0.15, -0.1) is 0 Å². The lowest BCUT2D eigenvalue weighted by Crippen LogP contribution is -2.48. The number of benzene rings is 2. The number of hydrogen-bond donors (Lipinski definition) is 1. The minimum atomic E-state index is -3.23. The summed E-state index contributed by atoms with van der Waals surface area (Å²) in [5.41, 5.74) is 2.47. The molecule has 0 atom stereocenters. The molecule has 10 heteroatoms. The summed E-state index contributed by atoms with van der Waals surface area (Å²) in [6.07, 6.45) is 1.87. The average molecular weight is 492 g/mol. The maximum absolute atomic E-state index is 11.5. The summed E-state index contributed by atoms with van der Waals surface area (Å²) in [6.45, 7) is 4.38. The molecule has 0 amide bonds. The SMILES string of the molecule is C/C(=N\OCCOc1ccc(CC2COC(C)(C(=O)O)OC2)cc1)c1ccc(S(C)(=O)=O)cc1. The van der Waals surface area contributed by atoms with Gasteiger partial charge in [-0.1, -0.05) is 29.4 Å². The van der Waals surface area contributed by atoms with Crippen LogP contribution in [0.25, 0.3) is 0 Å². The molecule has 3 rings (SSSR count). The third-order valence-corrected chi connectivity index (χ3v) is 6.50. The molecular weight excluding hydrogens is 462 g/mol. The first-order valence-electron chi connectivity index (χ1n) is 10.8. The van der Waals surface area contributed by atoms with Crippen molar-refractivity contribution in [2.75, 3.05) is 32.7 Å². The molecule has 0 bridgehead atoms. The van der Waals surface area contributed by atoms with Crippen molar-refractivity contribution < 1.29 is 37.4 Å². The van der Waals surface area contributed by atoms with Crippen molar-refractivity contribution in [1.29, 1.82) is 0 Å². The minimum Gasteiger partial charge on any atom is -0.490 e. The fourth-order valence-corrected chi connectivity index (χ4v) is 3.91. The molecular formula is C24H29NO8S. The summed E-state index contributed by atoms with van der Waals surface area (Å²) in [7, 11) is -3.23. The van der Waals surface area contributed by atoms with Crippen LogP contribution in [-0.4, -0.2) is 63.7 Å². The zero-order valence-corrected chi connectivity index (χ0v) is 20.2. The lowest BCUT2D eigenvalue weighted by atomic mass is 9.99. The van der Waals surface area contributed by atoms with E-state index < -0.39 is 21.6 Å². The van der Waals surface area contributed by atoms with Crippen molar-refractivity contribution in [2.24, 2.45) is 11.1 Å². The number of carboxylic acid groups (broad SMARTS) is 1. The highest BCUT2D eigenvalue weighted by Gasteiger charge is 2.40. The predicted octanol–water partition coefficient (Wildman–Crippen LogP) is 2.92. The molecule has 1 heterocycles. The maximum Gasteiger partial charge on any atom is 0.364 e. The number of carboxylic acids is 1. The van der Waals surface area contributed by atoms with E-state index in [9.17, 15) is 13.2 Å². The van der Waals surface area contributed by atoms with Crippen LogP contribution in [0.1, 0.15) is 25.0 Å². The molecule has 9 nitrogen and oxygen atoms in total. The highest BCUT2D eigenvalue weighted by Crippen LogP contribution is 2.24. The van der Waals surface area contributed by atoms with Crippen LogP contribution < -0.4 is 4.74 Å². The predicted molar refractivity (Wildman–Crippen MR) is 125 cm³/mol. The first kappa shape index (κ1) is 25.7. The van der Waals surface area contributed by atoms with Crippen LogP contribution in [-0.2, 0) is 35.4 Å². The number of carbonyl (C=O) groups is 1. The van der Waals surface area contributed by atoms with E-state index in [1.165, 1.54) is 25.3 Å². The summed E-state index contributed by atoms with van der Waals surface area (Å²) >= 11 is 0. The van der Waals surface area contributed by atoms with E-state index in [-0.39, 0.29) is 17.4 Å². The maximum atomic E-state index is 11.5. The van der Waals surface area contributed by atoms with Gasteiger partial charge in [-0.05, 0) is 48.7 Å². The molecule has 0 spiro atoms. The molecule has 0 saturated carbocycles. The van der Waals surface area contributed by atoms with Gasteiger partial charge in [0.2, 0.25) is 0 Å². The Balaban J connectivity index is 1.39. The number of hydrogen-bond acceptors (Lipinski definition) is 8. The third-order valence-electron chi connectivity index (χ3n) is 5.37. The summed E-state index contributed by atoms with van der Waals surface area (Å²) in [5.74, 6) is -1.92. The number of sulfone groups is 1. The van der Waals surface area contributed by atoms with Crippen LogP contribution in [0.15, 0.2) is 58.6 Å². The number of aliphatic carboxylic acids is 1. The molecule has 1 N–H and O–H groups in total. The van der Waals surface area contributed by atoms with Crippen LogP contribution >= 0.6 is 0 Å². The van der Waals surface area contributed by atoms with Crippen LogP contribution in [0.5, 0.6) is 5.75 Å². The molecule has 184 valence electrons. The van der Waals surface area contributed by atoms with Crippen LogP contribution in [0.2, 0.25) is 0 Å². The molecule has 0 unspecified atom stereocenters. The van der Waals surface area contributed by atoms with Gasteiger partial charge in [0.15, 0.2) is 16.4 Å². The van der Waals surface area contributed by atoms with Crippen LogP contribution in [0.3, 0.4) is 0 Å². The molecule has 1 fully saturated rings. The van der Waals surface area contributed by atoms with Crippen molar-refractivity contribution in [2.45, 2.75) is 31.0 Å². The topological polar surface area (TPSA) is 121 Å². The van der Waals surface area contributed by atoms with Crippen molar-refractivity contribution in [3.05, 3.63) is 59.7 Å². The number of ether oxygens (including phenoxy) is 3. The lowest BCUT2D eigenvalue weighted by molar-refractivity contribution is -0.270. The first-order valence-corrected chi connectivity index (χ1v) is 12.7. The Kier molecular flexibility index (Phi) is 8.29. The second kappa shape index (κ2) is 11.0. The Morgan fingerprint density at radius 1 is 1.09 bits per heavy atom. The van der Waals surface area contributed by atoms with E-state index in [0.29, 0.717) is 37.7 Å². The van der Waals surface area contributed by atoms with Crippen LogP contribution in [0.4, 0.5) is 0 Å². The quantitative estimate of drug-likeness (QED) is 0.306. The fourth-order valence-electron chi connectivity index (χ4n) is 3.28. The highest BCUT2D eigenvalue weighted by molar-refractivity contribution is 7.90. The number of oxime groups is 1. The molecule has 0 radical (unpaired) electrons. The summed E-state index contributed by atoms with van der Waals surface area (Å²) in [4.78, 5) is 16.7. The summed E-state index contributed by atoms with van der Waals surface area (Å²) < 4.78 is 39.5. The Morgan fingerprint density at radius 3 is 2.26 bits per heavy atom. The van der Waals surface area contributed by atoms with E-state index in [1.54, 1.807) is 19.1 Å². The first-order chi connectivity index (χ1) is 16.1. The molecule has 0 aliphatic carbocycles. The van der Waals surface area contributed by atoms with E-state index in [2.05, 4.69) is 5.16 Å². The zero-order valence-electron chi connectivity index (χ0n) is 19.4. The molecule has 2 aromatic carbocycles. The van der Waals surface area contributed by atoms with E-state index in [0.717, 1.165) is 11.1 Å². The van der Waals surface area contributed by atoms with E-state index in [4.69, 9.17) is 24.2 Å². The van der Waals surface area contributed by atoms with Gasteiger partial charge in [0.25, 0.3) is 5.79 Å². The zero-order chi connectivity index (χ0) is 24.8. The van der Waals surface area contributed by atoms with Crippen molar-refractivity contribution in [1.82, 2.24) is 0 Å². The normalized spacial score (nSPS) is 21.1. The Morgan fingerprint density at radius 2 is 1.71 bits per heavy atom. The van der Waals surface area contributed by atoms with Crippen molar-refractivity contribution >= 4 is 21.5 Å². The summed E-state index contributed by atoms with van der Waals surface area (Å²) in [6, 6.07) is 14.1. The van der Waals surface area contributed by atoms with Gasteiger partial charge in [0.1, 0.15) is 12.4 Å². The second-order valence-corrected chi connectivity index (χ2v) is 10.3. The molecule has 1 aliphatic rings. The Labute approximate surface area is 199 Å². The van der Waals surface area contributed by atoms with Crippen LogP contribution in [0, 0.1) is 5.92 Å². The minimum absolute atomic E-state index is 0.0799. The number of rotatable bonds is 10. The number of nitrogens with zero attached hydrogens (tertiary/aromatic N) is 1. The standard InChI is InChI=1S/C24H29NO8S/c1-17(20-6-10-22(11-7-20)34(3,28)29)25-33-13-12-30-21-8-4-18(5-9-21)14-19-15-31-24(2,23(26)27)32-16-19/h4-11,19H,12-16H2,1-3H3,(H,26,27)/b25-17+. The molecule has 1 aliphatic heterocycles. The smallest absolute Gasteiger partial charge is 0.364 e.